The largest absolute Gasteiger partial charge is 0.472 e. The number of phosphoric ester groups is 2. The molecule has 17 nitrogen and oxygen atoms in total. The lowest BCUT2D eigenvalue weighted by atomic mass is 10.00. The van der Waals surface area contributed by atoms with Crippen molar-refractivity contribution in [2.45, 2.75) is 401 Å². The summed E-state index contributed by atoms with van der Waals surface area (Å²) in [5, 5.41) is 10.6. The van der Waals surface area contributed by atoms with E-state index in [0.717, 1.165) is 108 Å². The van der Waals surface area contributed by atoms with Crippen molar-refractivity contribution in [1.82, 2.24) is 0 Å². The lowest BCUT2D eigenvalue weighted by Crippen LogP contribution is -2.30. The molecule has 0 aliphatic carbocycles. The molecule has 0 aromatic carbocycles. The van der Waals surface area contributed by atoms with Gasteiger partial charge in [0.05, 0.1) is 26.4 Å². The summed E-state index contributed by atoms with van der Waals surface area (Å²) in [6.07, 6.45) is 51.5. The summed E-state index contributed by atoms with van der Waals surface area (Å²) in [5.41, 5.74) is 0. The van der Waals surface area contributed by atoms with Gasteiger partial charge in [0, 0.05) is 25.7 Å². The van der Waals surface area contributed by atoms with Gasteiger partial charge in [-0.3, -0.25) is 37.3 Å². The van der Waals surface area contributed by atoms with Gasteiger partial charge in [0.25, 0.3) is 0 Å². The van der Waals surface area contributed by atoms with Gasteiger partial charge in [-0.25, -0.2) is 9.13 Å². The highest BCUT2D eigenvalue weighted by molar-refractivity contribution is 7.47. The fraction of sp³-hybridized carbons (Fsp3) is 0.947. The lowest BCUT2D eigenvalue weighted by Gasteiger charge is -2.21. The van der Waals surface area contributed by atoms with Crippen molar-refractivity contribution in [2.24, 2.45) is 17.8 Å². The molecule has 0 saturated carbocycles. The van der Waals surface area contributed by atoms with Crippen LogP contribution >= 0.6 is 15.6 Å². The molecule has 0 amide bonds. The Kier molecular flexibility index (Phi) is 64.3. The summed E-state index contributed by atoms with van der Waals surface area (Å²) in [4.78, 5) is 72.7. The lowest BCUT2D eigenvalue weighted by molar-refractivity contribution is -0.161. The van der Waals surface area contributed by atoms with E-state index in [4.69, 9.17) is 37.0 Å². The highest BCUT2D eigenvalue weighted by Gasteiger charge is 2.30. The Bertz CT molecular complexity index is 1840. The van der Waals surface area contributed by atoms with Crippen LogP contribution in [-0.4, -0.2) is 96.7 Å². The summed E-state index contributed by atoms with van der Waals surface area (Å²) < 4.78 is 68.4. The maximum atomic E-state index is 13.1. The molecule has 0 aromatic heterocycles. The number of unbranched alkanes of at least 4 members (excludes halogenated alkanes) is 40. The van der Waals surface area contributed by atoms with Gasteiger partial charge in [-0.1, -0.05) is 331 Å². The number of carbonyl (C=O) groups is 4. The Morgan fingerprint density at radius 3 is 0.809 bits per heavy atom. The first-order valence-electron chi connectivity index (χ1n) is 38.9. The first-order valence-corrected chi connectivity index (χ1v) is 41.9. The van der Waals surface area contributed by atoms with E-state index in [0.29, 0.717) is 31.6 Å². The van der Waals surface area contributed by atoms with Gasteiger partial charge in [-0.05, 0) is 43.4 Å². The van der Waals surface area contributed by atoms with Crippen molar-refractivity contribution in [3.05, 3.63) is 0 Å². The van der Waals surface area contributed by atoms with E-state index in [1.54, 1.807) is 0 Å². The highest BCUT2D eigenvalue weighted by Crippen LogP contribution is 2.45. The number of aliphatic hydroxyl groups excluding tert-OH is 1. The summed E-state index contributed by atoms with van der Waals surface area (Å²) in [5.74, 6) is 0.107. The Balaban J connectivity index is 5.23. The molecular weight excluding hydrogens is 1230 g/mol. The number of carbonyl (C=O) groups excluding carboxylic acids is 4. The molecule has 94 heavy (non-hydrogen) atoms. The predicted molar refractivity (Wildman–Crippen MR) is 381 cm³/mol. The van der Waals surface area contributed by atoms with Crippen LogP contribution in [0.5, 0.6) is 0 Å². The molecule has 6 atom stereocenters. The Labute approximate surface area is 575 Å². The van der Waals surface area contributed by atoms with Crippen molar-refractivity contribution in [3.8, 4) is 0 Å². The molecule has 3 unspecified atom stereocenters. The Morgan fingerprint density at radius 2 is 0.543 bits per heavy atom. The number of aliphatic hydroxyl groups is 1. The zero-order chi connectivity index (χ0) is 69.4. The maximum absolute atomic E-state index is 13.1. The van der Waals surface area contributed by atoms with Crippen LogP contribution in [0.25, 0.3) is 0 Å². The van der Waals surface area contributed by atoms with Crippen LogP contribution in [0.1, 0.15) is 382 Å². The second-order valence-corrected chi connectivity index (χ2v) is 31.1. The molecule has 0 fully saturated rings. The van der Waals surface area contributed by atoms with E-state index in [9.17, 15) is 43.2 Å². The number of rotatable bonds is 73. The minimum absolute atomic E-state index is 0.103. The molecule has 0 bridgehead atoms. The van der Waals surface area contributed by atoms with Gasteiger partial charge < -0.3 is 33.8 Å². The molecule has 0 aliphatic heterocycles. The molecule has 0 aromatic rings. The van der Waals surface area contributed by atoms with Crippen molar-refractivity contribution >= 4 is 39.5 Å². The summed E-state index contributed by atoms with van der Waals surface area (Å²) >= 11 is 0. The van der Waals surface area contributed by atoms with Crippen LogP contribution in [0.3, 0.4) is 0 Å². The quantitative estimate of drug-likeness (QED) is 0.0222. The van der Waals surface area contributed by atoms with Crippen LogP contribution in [0, 0.1) is 17.8 Å². The summed E-state index contributed by atoms with van der Waals surface area (Å²) in [6, 6.07) is 0. The second kappa shape index (κ2) is 65.7. The van der Waals surface area contributed by atoms with E-state index in [1.807, 2.05) is 0 Å². The average Bonchev–Trinajstić information content (AvgIpc) is 1.19. The van der Waals surface area contributed by atoms with Gasteiger partial charge in [-0.2, -0.15) is 0 Å². The number of esters is 4. The SMILES string of the molecule is CCCCCCCCCCCCCCCCCCC(=O)OC[C@H](COP(=O)(O)OC[C@@H](O)COP(=O)(O)OC[C@@H](COC(=O)CCCCCCCCC(C)CC)OC(=O)CCCCCCCCCC(C)C)OC(=O)CCCCCCCCCCCCCCCCCC(C)C. The third-order valence-corrected chi connectivity index (χ3v) is 19.6. The van der Waals surface area contributed by atoms with Crippen molar-refractivity contribution in [3.63, 3.8) is 0 Å². The molecule has 0 heterocycles. The zero-order valence-corrected chi connectivity index (χ0v) is 63.2. The van der Waals surface area contributed by atoms with Gasteiger partial charge in [0.1, 0.15) is 19.3 Å². The summed E-state index contributed by atoms with van der Waals surface area (Å²) in [6.45, 7) is 11.8. The zero-order valence-electron chi connectivity index (χ0n) is 61.4. The first kappa shape index (κ1) is 92.1. The molecule has 0 aliphatic rings. The number of hydrogen-bond donors (Lipinski definition) is 3. The van der Waals surface area contributed by atoms with Crippen molar-refractivity contribution in [2.75, 3.05) is 39.6 Å². The van der Waals surface area contributed by atoms with Crippen molar-refractivity contribution < 1.29 is 80.2 Å². The van der Waals surface area contributed by atoms with E-state index in [2.05, 4.69) is 48.5 Å². The smallest absolute Gasteiger partial charge is 0.462 e. The minimum Gasteiger partial charge on any atom is -0.462 e. The normalized spacial score (nSPS) is 14.4. The van der Waals surface area contributed by atoms with Gasteiger partial charge in [-0.15, -0.1) is 0 Å². The fourth-order valence-electron chi connectivity index (χ4n) is 11.4. The molecule has 558 valence electrons. The van der Waals surface area contributed by atoms with Crippen LogP contribution in [-0.2, 0) is 65.4 Å². The topological polar surface area (TPSA) is 237 Å². The van der Waals surface area contributed by atoms with Crippen LogP contribution in [0.2, 0.25) is 0 Å². The van der Waals surface area contributed by atoms with Gasteiger partial charge in [0.2, 0.25) is 0 Å². The monoisotopic (exact) mass is 1380 g/mol. The van der Waals surface area contributed by atoms with E-state index in [-0.39, 0.29) is 25.7 Å². The van der Waals surface area contributed by atoms with Crippen LogP contribution in [0.4, 0.5) is 0 Å². The van der Waals surface area contributed by atoms with Gasteiger partial charge in [0.15, 0.2) is 12.2 Å². The first-order chi connectivity index (χ1) is 45.3. The molecule has 0 spiro atoms. The van der Waals surface area contributed by atoms with E-state index in [1.165, 1.54) is 186 Å². The Morgan fingerprint density at radius 1 is 0.309 bits per heavy atom. The molecule has 0 saturated heterocycles. The molecular formula is C75H146O17P2. The number of phosphoric acid groups is 2. The Hall–Kier alpha value is -1.94. The molecule has 3 N–H and O–H groups in total. The van der Waals surface area contributed by atoms with Gasteiger partial charge >= 0.3 is 39.5 Å². The van der Waals surface area contributed by atoms with E-state index < -0.39 is 97.5 Å². The maximum Gasteiger partial charge on any atom is 0.472 e. The van der Waals surface area contributed by atoms with Crippen LogP contribution < -0.4 is 0 Å². The molecule has 0 radical (unpaired) electrons. The summed E-state index contributed by atoms with van der Waals surface area (Å²) in [7, 11) is -9.91. The number of hydrogen-bond acceptors (Lipinski definition) is 15. The molecule has 19 heteroatoms. The predicted octanol–water partition coefficient (Wildman–Crippen LogP) is 21.8. The van der Waals surface area contributed by atoms with Crippen LogP contribution in [0.15, 0.2) is 0 Å². The fourth-order valence-corrected chi connectivity index (χ4v) is 13.0. The standard InChI is InChI=1S/C75H146O17P2/c1-8-10-11-12-13-14-15-16-17-20-23-26-29-34-42-49-56-72(77)85-62-70(91-74(79)58-51-44-35-30-27-24-21-18-19-22-25-28-32-39-46-53-66(3)4)64-89-93(81,82)87-60-69(76)61-88-94(83,84)90-65-71(92-75(80)59-52-45-36-31-33-40-47-54-67(5)6)63-86-73(78)57-50-43-38-37-41-48-55-68(7)9-2/h66-71,76H,8-65H2,1-7H3,(H,81,82)(H,83,84)/t68?,69-,70-,71-/m1/s1. The van der Waals surface area contributed by atoms with E-state index >= 15 is 0 Å². The molecule has 0 rings (SSSR count). The van der Waals surface area contributed by atoms with Crippen molar-refractivity contribution in [1.29, 1.82) is 0 Å². The highest BCUT2D eigenvalue weighted by atomic mass is 31.2. The second-order valence-electron chi connectivity index (χ2n) is 28.2. The third-order valence-electron chi connectivity index (χ3n) is 17.7. The third kappa shape index (κ3) is 67.3. The average molecular weight is 1380 g/mol. The number of ether oxygens (including phenoxy) is 4. The minimum atomic E-state index is -4.96.